The van der Waals surface area contributed by atoms with Gasteiger partial charge in [0.15, 0.2) is 0 Å². The summed E-state index contributed by atoms with van der Waals surface area (Å²) in [6, 6.07) is 11.0. The van der Waals surface area contributed by atoms with E-state index in [4.69, 9.17) is 0 Å². The van der Waals surface area contributed by atoms with E-state index in [9.17, 15) is 26.3 Å². The molecule has 0 aliphatic heterocycles. The van der Waals surface area contributed by atoms with Crippen LogP contribution in [-0.4, -0.2) is 3.21 Å². The average molecular weight is 1010 g/mol. The maximum absolute atomic E-state index is 15.0. The van der Waals surface area contributed by atoms with E-state index < -0.39 is 77.2 Å². The van der Waals surface area contributed by atoms with E-state index in [0.29, 0.717) is 14.3 Å². The molecule has 0 radical (unpaired) electrons. The molecule has 6 aliphatic rings. The molecule has 0 N–H and O–H groups in total. The van der Waals surface area contributed by atoms with Crippen LogP contribution in [0.2, 0.25) is 3.63 Å². The van der Waals surface area contributed by atoms with Crippen molar-refractivity contribution in [2.45, 2.75) is 112 Å². The van der Waals surface area contributed by atoms with Gasteiger partial charge in [0.05, 0.1) is 0 Å². The second kappa shape index (κ2) is 16.5. The van der Waals surface area contributed by atoms with E-state index in [0.717, 1.165) is 25.0 Å². The molecule has 0 heterocycles. The van der Waals surface area contributed by atoms with E-state index in [1.54, 1.807) is 12.1 Å². The van der Waals surface area contributed by atoms with Gasteiger partial charge < -0.3 is 24.8 Å². The minimum Gasteiger partial charge on any atom is -1.00 e. The number of halogens is 8. The minimum absolute atomic E-state index is 0. The summed E-state index contributed by atoms with van der Waals surface area (Å²) in [7, 11) is 0. The van der Waals surface area contributed by atoms with Crippen molar-refractivity contribution in [3.05, 3.63) is 164 Å². The summed E-state index contributed by atoms with van der Waals surface area (Å²) in [6.07, 6.45) is 22.6. The van der Waals surface area contributed by atoms with Gasteiger partial charge in [-0.3, -0.25) is 0 Å². The molecule has 10 unspecified atom stereocenters. The first kappa shape index (κ1) is 51.7. The van der Waals surface area contributed by atoms with E-state index in [-0.39, 0.29) is 51.1 Å². The van der Waals surface area contributed by atoms with Crippen molar-refractivity contribution in [1.82, 2.24) is 0 Å². The molecule has 0 aromatic heterocycles. The van der Waals surface area contributed by atoms with E-state index in [2.05, 4.69) is 162 Å². The third-order valence-electron chi connectivity index (χ3n) is 18.9. The number of fused-ring (bicyclic) bond motifs is 8. The smallest absolute Gasteiger partial charge is 1.00 e. The maximum atomic E-state index is 15.0. The first-order valence-electron chi connectivity index (χ1n) is 22.8. The Morgan fingerprint density at radius 1 is 0.662 bits per heavy atom. The summed E-state index contributed by atoms with van der Waals surface area (Å²) < 4.78 is 91.6. The Labute approximate surface area is 404 Å². The fourth-order valence-electron chi connectivity index (χ4n) is 14.8. The van der Waals surface area contributed by atoms with Gasteiger partial charge in [0.25, 0.3) is 0 Å². The standard InChI is InChI=1S/C29H37.C15H8F6.C12H19.2ClH.Zr/c1-21-14-13-15-22-20-27(6)25(4)18-10-9-16-23(25,2)24(3)17-11-12-19-26(24,5)29(27,8)28(21,22)7;16-14(17,18)12-5-1-3-10(8-12)7-11-4-2-6-13(9-11)15(19,20)21;1-5-6-10-7-8-11(9-10)12(2,3)4;;;/h9-20,22H,1-8H3;1-6,8-9H;8-10H,5-6H2,1-4H3;2*1H;/q;;;;;+2/p-2. The SMILES string of the molecule is CCCC1C=C(C(C)(C)C)C=[C]1[Zr+2](=[C](c1cccc(C(F)(F)F)c1)c1cccc(C(F)(F)F)c1)[CH]1C2C=CC=C(C)C2(C)C2(C)C3(C)C=CC=CC3(C)C3(C)C=CC=CC3(C)C12C.[Cl-].[Cl-]. The summed E-state index contributed by atoms with van der Waals surface area (Å²) >= 11 is -4.07. The Hall–Kier alpha value is -2.73. The van der Waals surface area contributed by atoms with Crippen LogP contribution >= 0.6 is 0 Å². The summed E-state index contributed by atoms with van der Waals surface area (Å²) in [5.41, 5.74) is -2.02. The largest absolute Gasteiger partial charge is 1.00 e. The first-order valence-corrected chi connectivity index (χ1v) is 26.6. The molecular formula is C56H64Cl2F6Zr. The molecular weight excluding hydrogens is 949 g/mol. The van der Waals surface area contributed by atoms with Gasteiger partial charge in [-0.05, 0) is 0 Å². The van der Waals surface area contributed by atoms with Crippen LogP contribution in [-0.2, 0) is 33.6 Å². The Morgan fingerprint density at radius 2 is 1.14 bits per heavy atom. The van der Waals surface area contributed by atoms with Gasteiger partial charge in [-0.1, -0.05) is 0 Å². The van der Waals surface area contributed by atoms with Crippen molar-refractivity contribution in [3.8, 4) is 0 Å². The van der Waals surface area contributed by atoms with Crippen molar-refractivity contribution in [1.29, 1.82) is 0 Å². The zero-order valence-corrected chi connectivity index (χ0v) is 43.8. The zero-order chi connectivity index (χ0) is 46.2. The summed E-state index contributed by atoms with van der Waals surface area (Å²) in [6.45, 7) is 28.3. The minimum atomic E-state index is -4.65. The van der Waals surface area contributed by atoms with Crippen molar-refractivity contribution in [3.63, 3.8) is 0 Å². The molecule has 0 nitrogen and oxygen atoms in total. The monoisotopic (exact) mass is 1010 g/mol. The van der Waals surface area contributed by atoms with Gasteiger partial charge in [-0.15, -0.1) is 0 Å². The van der Waals surface area contributed by atoms with Crippen LogP contribution in [0, 0.1) is 55.2 Å². The molecule has 9 heteroatoms. The zero-order valence-electron chi connectivity index (χ0n) is 39.8. The molecule has 2 fully saturated rings. The fraction of sp³-hybridized carbons (Fsp3) is 0.482. The molecule has 0 spiro atoms. The van der Waals surface area contributed by atoms with Crippen LogP contribution < -0.4 is 24.8 Å². The number of alkyl halides is 6. The fourth-order valence-corrected chi connectivity index (χ4v) is 26.6. The summed E-state index contributed by atoms with van der Waals surface area (Å²) in [5, 5.41) is 0. The Morgan fingerprint density at radius 3 is 1.62 bits per heavy atom. The number of hydrogen-bond acceptors (Lipinski definition) is 0. The average Bonchev–Trinajstić information content (AvgIpc) is 3.70. The normalized spacial score (nSPS) is 36.4. The Bertz CT molecular complexity index is 2480. The molecule has 8 rings (SSSR count). The second-order valence-electron chi connectivity index (χ2n) is 21.8. The van der Waals surface area contributed by atoms with Gasteiger partial charge in [0.2, 0.25) is 0 Å². The van der Waals surface area contributed by atoms with E-state index in [1.165, 1.54) is 38.7 Å². The summed E-state index contributed by atoms with van der Waals surface area (Å²) in [5.74, 6) is -0.0849. The molecule has 2 saturated carbocycles. The molecule has 0 saturated heterocycles. The topological polar surface area (TPSA) is 0 Å². The molecule has 2 aromatic rings. The van der Waals surface area contributed by atoms with Crippen molar-refractivity contribution < 1.29 is 72.4 Å². The quantitative estimate of drug-likeness (QED) is 0.253. The van der Waals surface area contributed by atoms with Gasteiger partial charge >= 0.3 is 382 Å². The number of rotatable bonds is 6. The predicted octanol–water partition coefficient (Wildman–Crippen LogP) is 10.4. The van der Waals surface area contributed by atoms with E-state index in [1.807, 2.05) is 0 Å². The Kier molecular flexibility index (Phi) is 13.1. The van der Waals surface area contributed by atoms with Crippen molar-refractivity contribution in [2.24, 2.45) is 55.2 Å². The predicted molar refractivity (Wildman–Crippen MR) is 244 cm³/mol. The summed E-state index contributed by atoms with van der Waals surface area (Å²) in [4.78, 5) is 0. The third kappa shape index (κ3) is 6.70. The number of allylic oxidation sites excluding steroid dienone is 16. The number of hydrogen-bond donors (Lipinski definition) is 0. The molecule has 10 atom stereocenters. The van der Waals surface area contributed by atoms with Gasteiger partial charge in [-0.25, -0.2) is 0 Å². The number of benzene rings is 2. The van der Waals surface area contributed by atoms with E-state index >= 15 is 0 Å². The third-order valence-corrected chi connectivity index (χ3v) is 28.3. The van der Waals surface area contributed by atoms with Crippen LogP contribution in [0.25, 0.3) is 0 Å². The van der Waals surface area contributed by atoms with Crippen molar-refractivity contribution >= 4 is 3.21 Å². The van der Waals surface area contributed by atoms with Crippen LogP contribution in [0.5, 0.6) is 0 Å². The van der Waals surface area contributed by atoms with Crippen LogP contribution in [0.4, 0.5) is 26.3 Å². The van der Waals surface area contributed by atoms with Crippen LogP contribution in [0.3, 0.4) is 0 Å². The maximum Gasteiger partial charge on any atom is -1.00 e. The molecule has 0 amide bonds. The van der Waals surface area contributed by atoms with Gasteiger partial charge in [0, 0.05) is 0 Å². The molecule has 348 valence electrons. The van der Waals surface area contributed by atoms with Crippen molar-refractivity contribution in [2.75, 3.05) is 0 Å². The van der Waals surface area contributed by atoms with Gasteiger partial charge in [0.1, 0.15) is 0 Å². The second-order valence-corrected chi connectivity index (χ2v) is 28.0. The van der Waals surface area contributed by atoms with Gasteiger partial charge in [-0.2, -0.15) is 0 Å². The van der Waals surface area contributed by atoms with Crippen LogP contribution in [0.15, 0.2) is 142 Å². The molecule has 6 aliphatic carbocycles. The first-order chi connectivity index (χ1) is 29.1. The molecule has 2 aromatic carbocycles. The Balaban J connectivity index is 0.00000350. The molecule has 0 bridgehead atoms. The van der Waals surface area contributed by atoms with Crippen LogP contribution in [0.1, 0.15) is 118 Å². The molecule has 65 heavy (non-hydrogen) atoms.